The van der Waals surface area contributed by atoms with Gasteiger partial charge in [0.1, 0.15) is 17.2 Å². The Morgan fingerprint density at radius 1 is 1.05 bits per heavy atom. The second-order valence-corrected chi connectivity index (χ2v) is 5.38. The maximum Gasteiger partial charge on any atom is 0.199 e. The van der Waals surface area contributed by atoms with Gasteiger partial charge in [-0.3, -0.25) is 9.48 Å². The van der Waals surface area contributed by atoms with Crippen LogP contribution in [0.4, 0.5) is 0 Å². The van der Waals surface area contributed by atoms with Crippen molar-refractivity contribution in [3.8, 4) is 22.8 Å². The number of hydrogen-bond donors (Lipinski definition) is 2. The number of ketones is 1. The molecule has 0 saturated carbocycles. The highest BCUT2D eigenvalue weighted by Gasteiger charge is 2.34. The SMILES string of the molecule is Cn1nc2c3c(c(Cl)ccc31)C(=O)c1c(O)ccc(O)c1-2. The summed E-state index contributed by atoms with van der Waals surface area (Å²) in [7, 11) is 1.75. The molecule has 4 rings (SSSR count). The zero-order valence-electron chi connectivity index (χ0n) is 10.9. The number of aromatic nitrogens is 2. The number of aromatic hydroxyl groups is 2. The van der Waals surface area contributed by atoms with Gasteiger partial charge in [-0.1, -0.05) is 11.6 Å². The van der Waals surface area contributed by atoms with Crippen molar-refractivity contribution in [2.45, 2.75) is 0 Å². The van der Waals surface area contributed by atoms with Gasteiger partial charge >= 0.3 is 0 Å². The second kappa shape index (κ2) is 3.77. The molecule has 1 aliphatic carbocycles. The average molecular weight is 301 g/mol. The highest BCUT2D eigenvalue weighted by Crippen LogP contribution is 2.47. The normalized spacial score (nSPS) is 12.8. The van der Waals surface area contributed by atoms with Gasteiger partial charge in [-0.2, -0.15) is 5.10 Å². The summed E-state index contributed by atoms with van der Waals surface area (Å²) >= 11 is 6.17. The van der Waals surface area contributed by atoms with Gasteiger partial charge < -0.3 is 10.2 Å². The van der Waals surface area contributed by atoms with Crippen LogP contribution in [-0.2, 0) is 7.05 Å². The van der Waals surface area contributed by atoms with E-state index in [4.69, 9.17) is 11.6 Å². The number of benzene rings is 2. The highest BCUT2D eigenvalue weighted by atomic mass is 35.5. The summed E-state index contributed by atoms with van der Waals surface area (Å²) < 4.78 is 1.62. The number of aryl methyl sites for hydroxylation is 1. The Hall–Kier alpha value is -2.53. The summed E-state index contributed by atoms with van der Waals surface area (Å²) in [6, 6.07) is 6.04. The van der Waals surface area contributed by atoms with Crippen LogP contribution in [0.25, 0.3) is 22.2 Å². The molecular weight excluding hydrogens is 292 g/mol. The summed E-state index contributed by atoms with van der Waals surface area (Å²) in [6.45, 7) is 0. The maximum absolute atomic E-state index is 12.7. The van der Waals surface area contributed by atoms with E-state index in [1.165, 1.54) is 12.1 Å². The van der Waals surface area contributed by atoms with Crippen LogP contribution in [0.2, 0.25) is 5.02 Å². The lowest BCUT2D eigenvalue weighted by molar-refractivity contribution is 0.103. The molecule has 0 saturated heterocycles. The summed E-state index contributed by atoms with van der Waals surface area (Å²) in [5.74, 6) is -0.701. The topological polar surface area (TPSA) is 75.4 Å². The molecule has 0 unspecified atom stereocenters. The molecule has 1 aliphatic rings. The fourth-order valence-corrected chi connectivity index (χ4v) is 3.15. The molecular formula is C15H9ClN2O3. The van der Waals surface area contributed by atoms with E-state index in [-0.39, 0.29) is 22.6 Å². The van der Waals surface area contributed by atoms with Gasteiger partial charge in [0.25, 0.3) is 0 Å². The van der Waals surface area contributed by atoms with Crippen LogP contribution in [-0.4, -0.2) is 25.8 Å². The number of fused-ring (bicyclic) bond motifs is 2. The third kappa shape index (κ3) is 1.36. The van der Waals surface area contributed by atoms with Crippen molar-refractivity contribution in [2.75, 3.05) is 0 Å². The number of halogens is 1. The van der Waals surface area contributed by atoms with E-state index in [9.17, 15) is 15.0 Å². The number of phenols is 2. The zero-order chi connectivity index (χ0) is 14.9. The van der Waals surface area contributed by atoms with Gasteiger partial charge in [0.2, 0.25) is 0 Å². The first-order valence-corrected chi connectivity index (χ1v) is 6.63. The van der Waals surface area contributed by atoms with E-state index >= 15 is 0 Å². The summed E-state index contributed by atoms with van der Waals surface area (Å²) in [5.41, 5.74) is 1.79. The Morgan fingerprint density at radius 3 is 2.43 bits per heavy atom. The van der Waals surface area contributed by atoms with Gasteiger partial charge in [-0.05, 0) is 24.3 Å². The Balaban J connectivity index is 2.31. The number of hydrogen-bond acceptors (Lipinski definition) is 4. The number of rotatable bonds is 0. The number of phenolic OH excluding ortho intramolecular Hbond substituents is 2. The standard InChI is InChI=1S/C15H9ClN2O3/c1-18-7-3-2-6(16)10-11(7)14(17-18)12-8(19)4-5-9(20)13(12)15(10)21/h2-5,19-20H,1H3. The first kappa shape index (κ1) is 12.2. The van der Waals surface area contributed by atoms with E-state index in [0.717, 1.165) is 5.52 Å². The molecule has 0 atom stereocenters. The lowest BCUT2D eigenvalue weighted by Crippen LogP contribution is -2.10. The minimum atomic E-state index is -0.408. The molecule has 21 heavy (non-hydrogen) atoms. The van der Waals surface area contributed by atoms with Crippen LogP contribution in [0.5, 0.6) is 11.5 Å². The molecule has 0 fully saturated rings. The summed E-state index contributed by atoms with van der Waals surface area (Å²) in [4.78, 5) is 12.7. The quantitative estimate of drug-likeness (QED) is 0.490. The summed E-state index contributed by atoms with van der Waals surface area (Å²) in [5, 5.41) is 25.4. The first-order chi connectivity index (χ1) is 10.0. The largest absolute Gasteiger partial charge is 0.507 e. The van der Waals surface area contributed by atoms with Crippen molar-refractivity contribution >= 4 is 28.3 Å². The molecule has 104 valence electrons. The van der Waals surface area contributed by atoms with Crippen molar-refractivity contribution in [3.63, 3.8) is 0 Å². The molecule has 5 nitrogen and oxygen atoms in total. The minimum absolute atomic E-state index is 0.0376. The highest BCUT2D eigenvalue weighted by molar-refractivity contribution is 6.39. The fraction of sp³-hybridized carbons (Fsp3) is 0.0667. The Kier molecular flexibility index (Phi) is 2.19. The molecule has 0 bridgehead atoms. The van der Waals surface area contributed by atoms with Gasteiger partial charge in [0.05, 0.1) is 27.2 Å². The third-order valence-electron chi connectivity index (χ3n) is 3.82. The van der Waals surface area contributed by atoms with Gasteiger partial charge in [-0.15, -0.1) is 0 Å². The van der Waals surface area contributed by atoms with E-state index < -0.39 is 5.78 Å². The monoisotopic (exact) mass is 300 g/mol. The fourth-order valence-electron chi connectivity index (χ4n) is 2.90. The molecule has 2 N–H and O–H groups in total. The predicted octanol–water partition coefficient (Wildman–Crippen LogP) is 2.85. The maximum atomic E-state index is 12.7. The Morgan fingerprint density at radius 2 is 1.71 bits per heavy atom. The first-order valence-electron chi connectivity index (χ1n) is 6.26. The molecule has 6 heteroatoms. The number of carbonyl (C=O) groups is 1. The number of carbonyl (C=O) groups excluding carboxylic acids is 1. The van der Waals surface area contributed by atoms with Crippen LogP contribution in [0.15, 0.2) is 24.3 Å². The van der Waals surface area contributed by atoms with E-state index in [1.807, 2.05) is 0 Å². The van der Waals surface area contributed by atoms with Crippen LogP contribution < -0.4 is 0 Å². The van der Waals surface area contributed by atoms with Gasteiger partial charge in [0.15, 0.2) is 5.78 Å². The Labute approximate surface area is 124 Å². The number of nitrogens with zero attached hydrogens (tertiary/aromatic N) is 2. The summed E-state index contributed by atoms with van der Waals surface area (Å²) in [6.07, 6.45) is 0. The average Bonchev–Trinajstić information content (AvgIpc) is 2.77. The van der Waals surface area contributed by atoms with Crippen molar-refractivity contribution < 1.29 is 15.0 Å². The van der Waals surface area contributed by atoms with Crippen LogP contribution in [0.1, 0.15) is 15.9 Å². The van der Waals surface area contributed by atoms with Crippen molar-refractivity contribution in [2.24, 2.45) is 7.05 Å². The van der Waals surface area contributed by atoms with E-state index in [0.29, 0.717) is 21.7 Å². The molecule has 0 radical (unpaired) electrons. The van der Waals surface area contributed by atoms with Crippen molar-refractivity contribution in [1.29, 1.82) is 0 Å². The van der Waals surface area contributed by atoms with Crippen molar-refractivity contribution in [1.82, 2.24) is 9.78 Å². The van der Waals surface area contributed by atoms with Gasteiger partial charge in [-0.25, -0.2) is 0 Å². The molecule has 2 aromatic carbocycles. The predicted molar refractivity (Wildman–Crippen MR) is 77.9 cm³/mol. The minimum Gasteiger partial charge on any atom is -0.507 e. The van der Waals surface area contributed by atoms with E-state index in [2.05, 4.69) is 5.10 Å². The zero-order valence-corrected chi connectivity index (χ0v) is 11.6. The molecule has 3 aromatic rings. The van der Waals surface area contributed by atoms with Crippen LogP contribution in [0, 0.1) is 0 Å². The van der Waals surface area contributed by atoms with Crippen LogP contribution >= 0.6 is 11.6 Å². The van der Waals surface area contributed by atoms with Gasteiger partial charge in [0, 0.05) is 12.4 Å². The molecule has 0 spiro atoms. The van der Waals surface area contributed by atoms with E-state index in [1.54, 1.807) is 23.9 Å². The molecule has 1 heterocycles. The lowest BCUT2D eigenvalue weighted by Gasteiger charge is -2.17. The molecule has 0 aliphatic heterocycles. The third-order valence-corrected chi connectivity index (χ3v) is 4.14. The second-order valence-electron chi connectivity index (χ2n) is 4.97. The van der Waals surface area contributed by atoms with Crippen LogP contribution in [0.3, 0.4) is 0 Å². The smallest absolute Gasteiger partial charge is 0.199 e. The molecule has 0 amide bonds. The Bertz CT molecular complexity index is 959. The lowest BCUT2D eigenvalue weighted by atomic mass is 9.86. The molecule has 1 aromatic heterocycles. The van der Waals surface area contributed by atoms with Crippen molar-refractivity contribution in [3.05, 3.63) is 40.4 Å².